The third-order valence-electron chi connectivity index (χ3n) is 3.76. The van der Waals surface area contributed by atoms with Gasteiger partial charge in [-0.05, 0) is 37.3 Å². The summed E-state index contributed by atoms with van der Waals surface area (Å²) < 4.78 is 20.5. The largest absolute Gasteiger partial charge is 0.496 e. The topological polar surface area (TPSA) is 83.1 Å². The Morgan fingerprint density at radius 1 is 0.963 bits per heavy atom. The molecule has 0 spiro atoms. The van der Waals surface area contributed by atoms with Crippen molar-refractivity contribution in [2.75, 3.05) is 33.3 Å². The maximum Gasteiger partial charge on any atom is 0.338 e. The van der Waals surface area contributed by atoms with Crippen LogP contribution in [-0.4, -0.2) is 39.8 Å². The Balaban J connectivity index is 2.00. The first kappa shape index (κ1) is 20.4. The summed E-state index contributed by atoms with van der Waals surface area (Å²) in [5.41, 5.74) is 1.43. The predicted octanol–water partition coefficient (Wildman–Crippen LogP) is 3.47. The Kier molecular flexibility index (Phi) is 6.90. The fourth-order valence-electron chi connectivity index (χ4n) is 2.36. The lowest BCUT2D eigenvalue weighted by Crippen LogP contribution is -2.21. The van der Waals surface area contributed by atoms with Crippen LogP contribution in [0.15, 0.2) is 30.3 Å². The molecule has 8 heteroatoms. The summed E-state index contributed by atoms with van der Waals surface area (Å²) in [6.07, 6.45) is 0. The average molecular weight is 394 g/mol. The highest BCUT2D eigenvalue weighted by Gasteiger charge is 2.16. The van der Waals surface area contributed by atoms with Crippen molar-refractivity contribution in [1.29, 1.82) is 0 Å². The van der Waals surface area contributed by atoms with E-state index < -0.39 is 18.5 Å². The van der Waals surface area contributed by atoms with E-state index >= 15 is 0 Å². The molecular formula is C19H20ClNO6. The van der Waals surface area contributed by atoms with Crippen molar-refractivity contribution >= 4 is 29.2 Å². The molecule has 0 heterocycles. The lowest BCUT2D eigenvalue weighted by molar-refractivity contribution is -0.119. The second-order valence-electron chi connectivity index (χ2n) is 5.48. The Bertz CT molecular complexity index is 827. The quantitative estimate of drug-likeness (QED) is 0.725. The summed E-state index contributed by atoms with van der Waals surface area (Å²) in [6.45, 7) is 1.35. The van der Waals surface area contributed by atoms with Crippen LogP contribution in [0.5, 0.6) is 17.2 Å². The molecule has 0 saturated heterocycles. The number of carbonyl (C=O) groups excluding carboxylic acids is 2. The van der Waals surface area contributed by atoms with E-state index in [1.807, 2.05) is 0 Å². The van der Waals surface area contributed by atoms with E-state index in [-0.39, 0.29) is 5.56 Å². The minimum Gasteiger partial charge on any atom is -0.496 e. The second-order valence-corrected chi connectivity index (χ2v) is 5.89. The molecule has 0 radical (unpaired) electrons. The Labute approximate surface area is 162 Å². The number of nitrogens with one attached hydrogen (secondary N) is 1. The molecule has 0 aliphatic carbocycles. The van der Waals surface area contributed by atoms with Gasteiger partial charge in [-0.15, -0.1) is 0 Å². The molecule has 0 bridgehead atoms. The van der Waals surface area contributed by atoms with Crippen molar-refractivity contribution in [3.63, 3.8) is 0 Å². The van der Waals surface area contributed by atoms with Gasteiger partial charge in [-0.1, -0.05) is 11.6 Å². The first-order valence-corrected chi connectivity index (χ1v) is 8.30. The zero-order valence-electron chi connectivity index (χ0n) is 15.4. The third-order valence-corrected chi connectivity index (χ3v) is 4.05. The molecule has 0 aliphatic heterocycles. The number of halogens is 1. The van der Waals surface area contributed by atoms with Gasteiger partial charge in [0, 0.05) is 11.3 Å². The van der Waals surface area contributed by atoms with Crippen molar-refractivity contribution in [1.82, 2.24) is 0 Å². The summed E-state index contributed by atoms with van der Waals surface area (Å²) in [5.74, 6) is 0.283. The van der Waals surface area contributed by atoms with Crippen LogP contribution in [0.1, 0.15) is 15.9 Å². The molecule has 0 fully saturated rings. The molecule has 1 N–H and O–H groups in total. The first-order chi connectivity index (χ1) is 12.9. The van der Waals surface area contributed by atoms with Crippen LogP contribution >= 0.6 is 11.6 Å². The Morgan fingerprint density at radius 2 is 1.56 bits per heavy atom. The van der Waals surface area contributed by atoms with E-state index in [0.29, 0.717) is 28.0 Å². The maximum absolute atomic E-state index is 12.2. The lowest BCUT2D eigenvalue weighted by atomic mass is 10.1. The van der Waals surface area contributed by atoms with Gasteiger partial charge < -0.3 is 24.3 Å². The summed E-state index contributed by atoms with van der Waals surface area (Å²) in [5, 5.41) is 2.94. The van der Waals surface area contributed by atoms with Gasteiger partial charge in [-0.25, -0.2) is 4.79 Å². The number of carbonyl (C=O) groups is 2. The van der Waals surface area contributed by atoms with Crippen LogP contribution in [0.25, 0.3) is 0 Å². The smallest absolute Gasteiger partial charge is 0.338 e. The number of hydrogen-bond donors (Lipinski definition) is 1. The van der Waals surface area contributed by atoms with Crippen molar-refractivity contribution < 1.29 is 28.5 Å². The number of amides is 1. The van der Waals surface area contributed by atoms with Gasteiger partial charge in [-0.2, -0.15) is 0 Å². The van der Waals surface area contributed by atoms with E-state index in [4.69, 9.17) is 30.5 Å². The van der Waals surface area contributed by atoms with Crippen molar-refractivity contribution in [2.45, 2.75) is 6.92 Å². The molecule has 0 aliphatic rings. The van der Waals surface area contributed by atoms with Gasteiger partial charge in [0.1, 0.15) is 17.2 Å². The third kappa shape index (κ3) is 5.04. The van der Waals surface area contributed by atoms with Gasteiger partial charge in [0.15, 0.2) is 6.61 Å². The Morgan fingerprint density at radius 3 is 2.07 bits per heavy atom. The highest BCUT2D eigenvalue weighted by Crippen LogP contribution is 2.30. The molecule has 0 unspecified atom stereocenters. The molecule has 27 heavy (non-hydrogen) atoms. The van der Waals surface area contributed by atoms with Gasteiger partial charge in [0.25, 0.3) is 5.91 Å². The molecule has 2 aromatic carbocycles. The van der Waals surface area contributed by atoms with Crippen molar-refractivity contribution in [3.8, 4) is 17.2 Å². The number of methoxy groups -OCH3 is 3. The predicted molar refractivity (Wildman–Crippen MR) is 101 cm³/mol. The minimum atomic E-state index is -0.672. The number of esters is 1. The maximum atomic E-state index is 12.2. The van der Waals surface area contributed by atoms with Crippen LogP contribution in [0, 0.1) is 6.92 Å². The normalized spacial score (nSPS) is 10.1. The molecule has 0 saturated carbocycles. The zero-order valence-corrected chi connectivity index (χ0v) is 16.2. The van der Waals surface area contributed by atoms with Gasteiger partial charge in [-0.3, -0.25) is 4.79 Å². The van der Waals surface area contributed by atoms with Crippen LogP contribution < -0.4 is 19.5 Å². The van der Waals surface area contributed by atoms with E-state index in [9.17, 15) is 9.59 Å². The second kappa shape index (κ2) is 9.14. The number of ether oxygens (including phenoxy) is 4. The van der Waals surface area contributed by atoms with E-state index in [1.165, 1.54) is 39.5 Å². The molecule has 2 rings (SSSR count). The molecule has 1 amide bonds. The van der Waals surface area contributed by atoms with Crippen LogP contribution in [0.3, 0.4) is 0 Å². The highest BCUT2D eigenvalue weighted by atomic mass is 35.5. The monoisotopic (exact) mass is 393 g/mol. The number of benzene rings is 2. The standard InChI is InChI=1S/C19H20ClNO6/c1-11-16(25-3)7-12(8-17(11)26-4)19(23)27-10-18(22)21-13-5-6-15(24-2)14(20)9-13/h5-9H,10H2,1-4H3,(H,21,22). The van der Waals surface area contributed by atoms with Crippen molar-refractivity contribution in [3.05, 3.63) is 46.5 Å². The van der Waals surface area contributed by atoms with Gasteiger partial charge in [0.05, 0.1) is 31.9 Å². The lowest BCUT2D eigenvalue weighted by Gasteiger charge is -2.12. The first-order valence-electron chi connectivity index (χ1n) is 7.92. The van der Waals surface area contributed by atoms with E-state index in [0.717, 1.165) is 5.56 Å². The van der Waals surface area contributed by atoms with E-state index in [2.05, 4.69) is 5.32 Å². The summed E-state index contributed by atoms with van der Waals surface area (Å²) in [4.78, 5) is 24.2. The molecular weight excluding hydrogens is 374 g/mol. The number of rotatable bonds is 7. The zero-order chi connectivity index (χ0) is 20.0. The SMILES string of the molecule is COc1ccc(NC(=O)COC(=O)c2cc(OC)c(C)c(OC)c2)cc1Cl. The molecule has 144 valence electrons. The number of hydrogen-bond acceptors (Lipinski definition) is 6. The molecule has 7 nitrogen and oxygen atoms in total. The molecule has 2 aromatic rings. The summed E-state index contributed by atoms with van der Waals surface area (Å²) in [6, 6.07) is 7.84. The average Bonchev–Trinajstić information content (AvgIpc) is 2.66. The fourth-order valence-corrected chi connectivity index (χ4v) is 2.62. The highest BCUT2D eigenvalue weighted by molar-refractivity contribution is 6.32. The van der Waals surface area contributed by atoms with Crippen LogP contribution in [0.2, 0.25) is 5.02 Å². The van der Waals surface area contributed by atoms with Gasteiger partial charge in [0.2, 0.25) is 0 Å². The Hall–Kier alpha value is -2.93. The summed E-state index contributed by atoms with van der Waals surface area (Å²) >= 11 is 6.01. The van der Waals surface area contributed by atoms with Crippen LogP contribution in [0.4, 0.5) is 5.69 Å². The fraction of sp³-hybridized carbons (Fsp3) is 0.263. The number of anilines is 1. The minimum absolute atomic E-state index is 0.217. The van der Waals surface area contributed by atoms with Crippen LogP contribution in [-0.2, 0) is 9.53 Å². The molecule has 0 atom stereocenters. The van der Waals surface area contributed by atoms with Crippen molar-refractivity contribution in [2.24, 2.45) is 0 Å². The molecule has 0 aromatic heterocycles. The van der Waals surface area contributed by atoms with E-state index in [1.54, 1.807) is 19.1 Å². The van der Waals surface area contributed by atoms with Gasteiger partial charge >= 0.3 is 5.97 Å². The summed E-state index contributed by atoms with van der Waals surface area (Å²) in [7, 11) is 4.47.